The summed E-state index contributed by atoms with van der Waals surface area (Å²) in [6, 6.07) is -0.197. The molecule has 7 heteroatoms. The fourth-order valence-corrected chi connectivity index (χ4v) is 3.72. The molecule has 0 fully saturated rings. The second kappa shape index (κ2) is 6.70. The van der Waals surface area contributed by atoms with Gasteiger partial charge in [-0.15, -0.1) is 11.3 Å². The minimum atomic E-state index is -0.0984. The maximum absolute atomic E-state index is 12.5. The Bertz CT molecular complexity index is 705. The highest BCUT2D eigenvalue weighted by atomic mass is 32.1. The molecule has 0 aromatic carbocycles. The van der Waals surface area contributed by atoms with Gasteiger partial charge in [0.1, 0.15) is 0 Å². The van der Waals surface area contributed by atoms with Crippen molar-refractivity contribution in [2.24, 2.45) is 7.05 Å². The number of carbonyl (C=O) groups is 1. The standard InChI is InChI=1S/C16H25N5OS/c1-9(14-8-20(6)19-10(14)2)18-16(22)21(7)12(4)15-11(3)17-13(5)23-15/h8-9,12H,1-7H3,(H,18,22)/t9-,12+/m0/s1. The van der Waals surface area contributed by atoms with Gasteiger partial charge in [0.25, 0.3) is 0 Å². The van der Waals surface area contributed by atoms with E-state index in [-0.39, 0.29) is 18.1 Å². The van der Waals surface area contributed by atoms with Crippen LogP contribution in [0.4, 0.5) is 4.79 Å². The minimum Gasteiger partial charge on any atom is -0.331 e. The van der Waals surface area contributed by atoms with E-state index in [1.807, 2.05) is 54.9 Å². The topological polar surface area (TPSA) is 63.1 Å². The fraction of sp³-hybridized carbons (Fsp3) is 0.562. The van der Waals surface area contributed by atoms with Crippen molar-refractivity contribution in [1.29, 1.82) is 0 Å². The molecular weight excluding hydrogens is 310 g/mol. The molecule has 0 saturated carbocycles. The third-order valence-electron chi connectivity index (χ3n) is 4.08. The van der Waals surface area contributed by atoms with Crippen LogP contribution in [-0.4, -0.2) is 32.7 Å². The number of nitrogens with one attached hydrogen (secondary N) is 1. The summed E-state index contributed by atoms with van der Waals surface area (Å²) in [5.74, 6) is 0. The van der Waals surface area contributed by atoms with E-state index in [0.717, 1.165) is 26.8 Å². The summed E-state index contributed by atoms with van der Waals surface area (Å²) in [5.41, 5.74) is 2.97. The van der Waals surface area contributed by atoms with E-state index in [0.29, 0.717) is 0 Å². The van der Waals surface area contributed by atoms with Gasteiger partial charge in [-0.3, -0.25) is 4.68 Å². The Hall–Kier alpha value is -1.89. The lowest BCUT2D eigenvalue weighted by Crippen LogP contribution is -2.40. The van der Waals surface area contributed by atoms with Crippen molar-refractivity contribution in [2.45, 2.75) is 46.7 Å². The van der Waals surface area contributed by atoms with Gasteiger partial charge in [-0.25, -0.2) is 9.78 Å². The highest BCUT2D eigenvalue weighted by molar-refractivity contribution is 7.11. The molecule has 2 rings (SSSR count). The van der Waals surface area contributed by atoms with Crippen LogP contribution in [0, 0.1) is 20.8 Å². The second-order valence-corrected chi connectivity index (χ2v) is 7.22. The highest BCUT2D eigenvalue weighted by Crippen LogP contribution is 2.28. The lowest BCUT2D eigenvalue weighted by atomic mass is 10.1. The third-order valence-corrected chi connectivity index (χ3v) is 5.32. The predicted molar refractivity (Wildman–Crippen MR) is 92.7 cm³/mol. The SMILES string of the molecule is Cc1nc(C)c([C@@H](C)N(C)C(=O)N[C@@H](C)c2cn(C)nc2C)s1. The monoisotopic (exact) mass is 335 g/mol. The van der Waals surface area contributed by atoms with Crippen molar-refractivity contribution in [2.75, 3.05) is 7.05 Å². The molecule has 2 aromatic heterocycles. The molecule has 2 heterocycles. The average Bonchev–Trinajstić information content (AvgIpc) is 2.98. The van der Waals surface area contributed by atoms with Crippen LogP contribution in [0.25, 0.3) is 0 Å². The fourth-order valence-electron chi connectivity index (χ4n) is 2.69. The molecule has 2 atom stereocenters. The van der Waals surface area contributed by atoms with E-state index < -0.39 is 0 Å². The third kappa shape index (κ3) is 3.72. The zero-order valence-corrected chi connectivity index (χ0v) is 15.7. The van der Waals surface area contributed by atoms with Gasteiger partial charge in [0, 0.05) is 30.7 Å². The second-order valence-electron chi connectivity index (χ2n) is 5.98. The first-order valence-corrected chi connectivity index (χ1v) is 8.49. The van der Waals surface area contributed by atoms with Crippen LogP contribution in [-0.2, 0) is 7.05 Å². The summed E-state index contributed by atoms with van der Waals surface area (Å²) in [5, 5.41) is 8.40. The van der Waals surface area contributed by atoms with E-state index in [2.05, 4.69) is 15.4 Å². The molecule has 1 N–H and O–H groups in total. The number of rotatable bonds is 4. The van der Waals surface area contributed by atoms with Crippen molar-refractivity contribution >= 4 is 17.4 Å². The summed E-state index contributed by atoms with van der Waals surface area (Å²) in [4.78, 5) is 19.8. The van der Waals surface area contributed by atoms with Gasteiger partial charge in [0.15, 0.2) is 0 Å². The summed E-state index contributed by atoms with van der Waals surface area (Å²) in [6.45, 7) is 9.93. The molecule has 0 saturated heterocycles. The molecule has 0 spiro atoms. The first-order chi connectivity index (χ1) is 10.7. The van der Waals surface area contributed by atoms with Gasteiger partial charge in [0.2, 0.25) is 0 Å². The van der Waals surface area contributed by atoms with Crippen LogP contribution >= 0.6 is 11.3 Å². The Labute approximate surface area is 141 Å². The average molecular weight is 335 g/mol. The lowest BCUT2D eigenvalue weighted by molar-refractivity contribution is 0.191. The van der Waals surface area contributed by atoms with Crippen molar-refractivity contribution in [3.8, 4) is 0 Å². The molecule has 2 aromatic rings. The Balaban J connectivity index is 2.07. The van der Waals surface area contributed by atoms with Crippen LogP contribution in [0.3, 0.4) is 0 Å². The normalized spacial score (nSPS) is 13.7. The Morgan fingerprint density at radius 3 is 2.43 bits per heavy atom. The number of aromatic nitrogens is 3. The van der Waals surface area contributed by atoms with Crippen molar-refractivity contribution in [1.82, 2.24) is 25.0 Å². The van der Waals surface area contributed by atoms with Gasteiger partial charge < -0.3 is 10.2 Å². The van der Waals surface area contributed by atoms with Crippen LogP contribution in [0.2, 0.25) is 0 Å². The number of aryl methyl sites for hydroxylation is 4. The number of nitrogens with zero attached hydrogens (tertiary/aromatic N) is 4. The molecule has 126 valence electrons. The molecule has 0 unspecified atom stereocenters. The molecule has 0 bridgehead atoms. The zero-order chi connectivity index (χ0) is 17.3. The van der Waals surface area contributed by atoms with Gasteiger partial charge in [-0.1, -0.05) is 0 Å². The first-order valence-electron chi connectivity index (χ1n) is 7.68. The molecule has 0 aliphatic rings. The van der Waals surface area contributed by atoms with Crippen LogP contribution < -0.4 is 5.32 Å². The maximum atomic E-state index is 12.5. The molecule has 2 amide bonds. The summed E-state index contributed by atoms with van der Waals surface area (Å²) in [6.07, 6.45) is 1.94. The van der Waals surface area contributed by atoms with Gasteiger partial charge in [0.05, 0.1) is 28.5 Å². The molecule has 6 nitrogen and oxygen atoms in total. The molecule has 0 radical (unpaired) electrons. The summed E-state index contributed by atoms with van der Waals surface area (Å²) < 4.78 is 1.77. The number of amides is 2. The van der Waals surface area contributed by atoms with Crippen molar-refractivity contribution in [3.63, 3.8) is 0 Å². The van der Waals surface area contributed by atoms with Crippen molar-refractivity contribution < 1.29 is 4.79 Å². The smallest absolute Gasteiger partial charge is 0.318 e. The van der Waals surface area contributed by atoms with Gasteiger partial charge in [-0.2, -0.15) is 5.10 Å². The summed E-state index contributed by atoms with van der Waals surface area (Å²) in [7, 11) is 3.70. The Morgan fingerprint density at radius 2 is 1.96 bits per heavy atom. The number of carbonyl (C=O) groups excluding carboxylic acids is 1. The minimum absolute atomic E-state index is 0.0107. The van der Waals surface area contributed by atoms with E-state index in [1.54, 1.807) is 20.9 Å². The maximum Gasteiger partial charge on any atom is 0.318 e. The first kappa shape index (κ1) is 17.5. The van der Waals surface area contributed by atoms with E-state index in [9.17, 15) is 4.79 Å². The van der Waals surface area contributed by atoms with Crippen LogP contribution in [0.15, 0.2) is 6.20 Å². The van der Waals surface area contributed by atoms with Gasteiger partial charge in [-0.05, 0) is 34.6 Å². The Kier molecular flexibility index (Phi) is 5.09. The number of thiazole rings is 1. The van der Waals surface area contributed by atoms with E-state index in [1.165, 1.54) is 0 Å². The number of hydrogen-bond acceptors (Lipinski definition) is 4. The molecule has 0 aliphatic carbocycles. The van der Waals surface area contributed by atoms with Crippen LogP contribution in [0.1, 0.15) is 52.8 Å². The Morgan fingerprint density at radius 1 is 1.30 bits per heavy atom. The largest absolute Gasteiger partial charge is 0.331 e. The highest BCUT2D eigenvalue weighted by Gasteiger charge is 2.23. The zero-order valence-electron chi connectivity index (χ0n) is 14.8. The van der Waals surface area contributed by atoms with E-state index >= 15 is 0 Å². The molecule has 0 aliphatic heterocycles. The quantitative estimate of drug-likeness (QED) is 0.933. The van der Waals surface area contributed by atoms with Crippen molar-refractivity contribution in [3.05, 3.63) is 33.0 Å². The summed E-state index contributed by atoms with van der Waals surface area (Å²) >= 11 is 1.64. The molecule has 23 heavy (non-hydrogen) atoms. The predicted octanol–water partition coefficient (Wildman–Crippen LogP) is 3.27. The van der Waals surface area contributed by atoms with Gasteiger partial charge >= 0.3 is 6.03 Å². The lowest BCUT2D eigenvalue weighted by Gasteiger charge is -2.26. The van der Waals surface area contributed by atoms with E-state index in [4.69, 9.17) is 0 Å². The number of hydrogen-bond donors (Lipinski definition) is 1. The number of urea groups is 1. The van der Waals surface area contributed by atoms with Crippen LogP contribution in [0.5, 0.6) is 0 Å². The molecular formula is C16H25N5OS.